The Morgan fingerprint density at radius 1 is 0.474 bits per heavy atom. The quantitative estimate of drug-likeness (QED) is 0.0272. The minimum Gasteiger partial charge on any atom is -0.756 e. The zero-order chi connectivity index (χ0) is 55.6. The third kappa shape index (κ3) is 58.1. The molecule has 432 valence electrons. The minimum atomic E-state index is -4.63. The number of phosphoric acid groups is 1. The summed E-state index contributed by atoms with van der Waals surface area (Å²) in [7, 11) is 1.19. The fraction of sp³-hybridized carbons (Fsp3) is 0.627. The lowest BCUT2D eigenvalue weighted by atomic mass is 10.0. The van der Waals surface area contributed by atoms with Crippen molar-refractivity contribution in [3.63, 3.8) is 0 Å². The highest BCUT2D eigenvalue weighted by atomic mass is 31.2. The summed E-state index contributed by atoms with van der Waals surface area (Å²) in [5.74, 6) is -0.249. The molecule has 3 atom stereocenters. The van der Waals surface area contributed by atoms with Gasteiger partial charge in [0, 0.05) is 6.42 Å². The maximum absolute atomic E-state index is 13.0. The maximum atomic E-state index is 13.0. The van der Waals surface area contributed by atoms with Crippen LogP contribution in [-0.4, -0.2) is 68.5 Å². The minimum absolute atomic E-state index is 0.0244. The van der Waals surface area contributed by atoms with Crippen molar-refractivity contribution in [1.29, 1.82) is 0 Å². The molecule has 1 amide bonds. The second-order valence-electron chi connectivity index (χ2n) is 20.9. The molecule has 0 rings (SSSR count). The number of hydrogen-bond acceptors (Lipinski definition) is 6. The van der Waals surface area contributed by atoms with Crippen molar-refractivity contribution in [1.82, 2.24) is 5.32 Å². The fourth-order valence-electron chi connectivity index (χ4n) is 7.82. The molecular weight excluding hydrogens is 960 g/mol. The van der Waals surface area contributed by atoms with E-state index < -0.39 is 26.6 Å². The van der Waals surface area contributed by atoms with Crippen LogP contribution in [0, 0.1) is 0 Å². The second kappa shape index (κ2) is 56.1. The van der Waals surface area contributed by atoms with Crippen LogP contribution in [0.15, 0.2) is 146 Å². The highest BCUT2D eigenvalue weighted by molar-refractivity contribution is 7.45. The number of aliphatic hydroxyl groups excluding tert-OH is 1. The Morgan fingerprint density at radius 3 is 1.22 bits per heavy atom. The standard InChI is InChI=1S/C67H113N2O6P/c1-6-8-10-12-14-16-18-20-22-24-26-28-30-31-32-33-34-35-36-37-39-41-43-45-47-49-51-53-55-57-59-61-67(71)68-65(64-75-76(72,73)74-63-62-69(3,4)5)66(70)60-58-56-54-52-50-48-46-44-42-40-38-29-27-25-23-21-19-17-15-13-11-9-7-2/h8,10,14,16,20,22,26,28,31-32,34-35,37,39,42-45,49-52,58,60,65-66,70H,6-7,9,11-13,15,17-19,21,23-25,27,29-30,33,36,38,40-41,46-48,53-57,59,61-64H2,1-5H3,(H-,68,71,72,73)/b10-8-,16-14-,22-20-,28-26-,32-31-,35-34-,39-37-,44-42+,45-43-,51-49-,52-50+,60-58+. The van der Waals surface area contributed by atoms with Crippen molar-refractivity contribution in [2.75, 3.05) is 40.9 Å². The molecule has 0 radical (unpaired) electrons. The van der Waals surface area contributed by atoms with Crippen LogP contribution in [-0.2, 0) is 18.4 Å². The van der Waals surface area contributed by atoms with Crippen molar-refractivity contribution < 1.29 is 32.9 Å². The number of aliphatic hydroxyl groups is 1. The van der Waals surface area contributed by atoms with Gasteiger partial charge in [-0.15, -0.1) is 0 Å². The number of unbranched alkanes of at least 4 members (excludes halogenated alkanes) is 18. The summed E-state index contributed by atoms with van der Waals surface area (Å²) in [4.78, 5) is 25.5. The third-order valence-corrected chi connectivity index (χ3v) is 13.5. The van der Waals surface area contributed by atoms with E-state index in [-0.39, 0.29) is 18.9 Å². The van der Waals surface area contributed by atoms with Crippen molar-refractivity contribution >= 4 is 13.7 Å². The SMILES string of the molecule is CC/C=C\C/C=C\C/C=C\C/C=C\C/C=C\C/C=C\C/C=C\C/C=C\C/C=C\CCCCCC(=O)NC(COP(=O)([O-])OCC[N+](C)(C)C)C(O)/C=C/CC/C=C/CC/C=C/CCCCCCCCCCCCCCC. The number of carbonyl (C=O) groups excluding carboxylic acids is 1. The van der Waals surface area contributed by atoms with Gasteiger partial charge >= 0.3 is 0 Å². The lowest BCUT2D eigenvalue weighted by Gasteiger charge is -2.29. The average Bonchev–Trinajstić information content (AvgIpc) is 3.38. The number of phosphoric ester groups is 1. The van der Waals surface area contributed by atoms with Crippen LogP contribution in [0.4, 0.5) is 0 Å². The summed E-state index contributed by atoms with van der Waals surface area (Å²) in [6.07, 6.45) is 86.5. The van der Waals surface area contributed by atoms with Crippen LogP contribution in [0.1, 0.15) is 219 Å². The van der Waals surface area contributed by atoms with Crippen LogP contribution in [0.3, 0.4) is 0 Å². The van der Waals surface area contributed by atoms with E-state index >= 15 is 0 Å². The Kier molecular flexibility index (Phi) is 53.4. The Bertz CT molecular complexity index is 1740. The van der Waals surface area contributed by atoms with Crippen LogP contribution >= 0.6 is 7.82 Å². The molecule has 0 fully saturated rings. The van der Waals surface area contributed by atoms with Gasteiger partial charge in [-0.05, 0) is 116 Å². The van der Waals surface area contributed by atoms with Gasteiger partial charge in [0.1, 0.15) is 13.2 Å². The van der Waals surface area contributed by atoms with E-state index in [0.717, 1.165) is 96.3 Å². The van der Waals surface area contributed by atoms with Crippen LogP contribution in [0.25, 0.3) is 0 Å². The van der Waals surface area contributed by atoms with Gasteiger partial charge in [-0.3, -0.25) is 9.36 Å². The number of allylic oxidation sites excluding steroid dienone is 23. The van der Waals surface area contributed by atoms with Gasteiger partial charge in [-0.1, -0.05) is 243 Å². The lowest BCUT2D eigenvalue weighted by molar-refractivity contribution is -0.870. The van der Waals surface area contributed by atoms with E-state index in [1.807, 2.05) is 27.2 Å². The molecule has 0 heterocycles. The monoisotopic (exact) mass is 1070 g/mol. The van der Waals surface area contributed by atoms with Crippen LogP contribution in [0.2, 0.25) is 0 Å². The number of amides is 1. The zero-order valence-corrected chi connectivity index (χ0v) is 50.0. The molecule has 0 aliphatic rings. The molecule has 9 heteroatoms. The summed E-state index contributed by atoms with van der Waals surface area (Å²) < 4.78 is 23.3. The molecule has 0 bridgehead atoms. The molecule has 8 nitrogen and oxygen atoms in total. The number of quaternary nitrogens is 1. The molecular formula is C67H113N2O6P. The van der Waals surface area contributed by atoms with Crippen LogP contribution < -0.4 is 10.2 Å². The molecule has 0 aromatic heterocycles. The van der Waals surface area contributed by atoms with E-state index in [9.17, 15) is 19.4 Å². The van der Waals surface area contributed by atoms with Crippen LogP contribution in [0.5, 0.6) is 0 Å². The Balaban J connectivity index is 4.39. The molecule has 0 spiro atoms. The molecule has 0 saturated carbocycles. The first-order chi connectivity index (χ1) is 37.0. The number of hydrogen-bond donors (Lipinski definition) is 2. The number of nitrogens with one attached hydrogen (secondary N) is 1. The lowest BCUT2D eigenvalue weighted by Crippen LogP contribution is -2.45. The van der Waals surface area contributed by atoms with Crippen molar-refractivity contribution in [2.45, 2.75) is 231 Å². The number of rotatable bonds is 53. The summed E-state index contributed by atoms with van der Waals surface area (Å²) in [5.41, 5.74) is 0. The molecule has 0 saturated heterocycles. The molecule has 3 unspecified atom stereocenters. The molecule has 0 aliphatic heterocycles. The van der Waals surface area contributed by atoms with Gasteiger partial charge in [0.2, 0.25) is 5.91 Å². The predicted octanol–water partition coefficient (Wildman–Crippen LogP) is 18.2. The summed E-state index contributed by atoms with van der Waals surface area (Å²) in [5, 5.41) is 13.8. The van der Waals surface area contributed by atoms with Gasteiger partial charge in [0.15, 0.2) is 0 Å². The number of carbonyl (C=O) groups is 1. The molecule has 2 N–H and O–H groups in total. The summed E-state index contributed by atoms with van der Waals surface area (Å²) >= 11 is 0. The van der Waals surface area contributed by atoms with Gasteiger partial charge in [-0.2, -0.15) is 0 Å². The van der Waals surface area contributed by atoms with E-state index in [1.165, 1.54) is 89.9 Å². The van der Waals surface area contributed by atoms with Gasteiger partial charge < -0.3 is 28.8 Å². The molecule has 0 aliphatic carbocycles. The van der Waals surface area contributed by atoms with Gasteiger partial charge in [-0.25, -0.2) is 0 Å². The largest absolute Gasteiger partial charge is 0.756 e. The van der Waals surface area contributed by atoms with E-state index in [2.05, 4.69) is 153 Å². The molecule has 76 heavy (non-hydrogen) atoms. The smallest absolute Gasteiger partial charge is 0.268 e. The maximum Gasteiger partial charge on any atom is 0.268 e. The van der Waals surface area contributed by atoms with Crippen molar-refractivity contribution in [3.8, 4) is 0 Å². The fourth-order valence-corrected chi connectivity index (χ4v) is 8.55. The predicted molar refractivity (Wildman–Crippen MR) is 329 cm³/mol. The first-order valence-electron chi connectivity index (χ1n) is 30.2. The first kappa shape index (κ1) is 72.4. The van der Waals surface area contributed by atoms with E-state index in [0.29, 0.717) is 23.9 Å². The second-order valence-corrected chi connectivity index (χ2v) is 22.4. The Hall–Kier alpha value is -3.62. The highest BCUT2D eigenvalue weighted by Crippen LogP contribution is 2.38. The van der Waals surface area contributed by atoms with Gasteiger partial charge in [0.05, 0.1) is 39.9 Å². The molecule has 0 aromatic rings. The number of nitrogens with zero attached hydrogens (tertiary/aromatic N) is 1. The first-order valence-corrected chi connectivity index (χ1v) is 31.7. The normalized spacial score (nSPS) is 14.9. The Morgan fingerprint density at radius 2 is 0.816 bits per heavy atom. The van der Waals surface area contributed by atoms with Crippen molar-refractivity contribution in [3.05, 3.63) is 146 Å². The highest BCUT2D eigenvalue weighted by Gasteiger charge is 2.23. The van der Waals surface area contributed by atoms with Crippen molar-refractivity contribution in [2.24, 2.45) is 0 Å². The average molecular weight is 1070 g/mol. The third-order valence-electron chi connectivity index (χ3n) is 12.5. The Labute approximate surface area is 468 Å². The van der Waals surface area contributed by atoms with Gasteiger partial charge in [0.25, 0.3) is 7.82 Å². The van der Waals surface area contributed by atoms with E-state index in [4.69, 9.17) is 9.05 Å². The summed E-state index contributed by atoms with van der Waals surface area (Å²) in [6, 6.07) is -0.941. The summed E-state index contributed by atoms with van der Waals surface area (Å²) in [6.45, 7) is 4.47. The number of likely N-dealkylation sites (N-methyl/N-ethyl adjacent to an activating group) is 1. The van der Waals surface area contributed by atoms with E-state index in [1.54, 1.807) is 6.08 Å². The zero-order valence-electron chi connectivity index (χ0n) is 49.1. The topological polar surface area (TPSA) is 108 Å². The molecule has 0 aromatic carbocycles.